The van der Waals surface area contributed by atoms with Crippen LogP contribution in [-0.2, 0) is 19.5 Å². The third-order valence-electron chi connectivity index (χ3n) is 3.01. The maximum absolute atomic E-state index is 10.7. The number of ether oxygens (including phenoxy) is 2. The number of hydrogen-bond acceptors (Lipinski definition) is 2. The fourth-order valence-corrected chi connectivity index (χ4v) is 2.00. The third kappa shape index (κ3) is 9.91. The molecule has 10 heteroatoms. The zero-order valence-corrected chi connectivity index (χ0v) is 16.9. The van der Waals surface area contributed by atoms with Gasteiger partial charge in [-0.3, -0.25) is 0 Å². The molecule has 2 nitrogen and oxygen atoms in total. The van der Waals surface area contributed by atoms with Gasteiger partial charge in [-0.15, -0.1) is 0 Å². The molecule has 0 amide bonds. The van der Waals surface area contributed by atoms with Crippen LogP contribution in [0.1, 0.15) is 5.56 Å². The molecule has 0 unspecified atom stereocenters. The molecule has 1 aliphatic heterocycles. The van der Waals surface area contributed by atoms with E-state index in [1.807, 2.05) is 80.1 Å². The second-order valence-electron chi connectivity index (χ2n) is 5.47. The molecule has 0 fully saturated rings. The van der Waals surface area contributed by atoms with Gasteiger partial charge in [-0.05, 0) is 30.7 Å². The number of halogens is 6. The number of hydrogen-bond donors (Lipinski definition) is 0. The van der Waals surface area contributed by atoms with E-state index < -0.39 is 7.81 Å². The molecular formula is C18H15F6O2PRu. The first kappa shape index (κ1) is 24.2. The van der Waals surface area contributed by atoms with Crippen molar-refractivity contribution in [2.24, 2.45) is 0 Å². The molecule has 2 aliphatic rings. The van der Waals surface area contributed by atoms with Crippen molar-refractivity contribution in [1.29, 1.82) is 0 Å². The zero-order valence-electron chi connectivity index (χ0n) is 14.3. The number of rotatable bonds is 0. The first-order chi connectivity index (χ1) is 12.3. The Morgan fingerprint density at radius 1 is 0.643 bits per heavy atom. The summed E-state index contributed by atoms with van der Waals surface area (Å²) < 4.78 is 70.7. The van der Waals surface area contributed by atoms with E-state index >= 15 is 0 Å². The Hall–Kier alpha value is -1.85. The van der Waals surface area contributed by atoms with Gasteiger partial charge < -0.3 is 9.47 Å². The zero-order chi connectivity index (χ0) is 20.2. The molecule has 28 heavy (non-hydrogen) atoms. The van der Waals surface area contributed by atoms with Gasteiger partial charge in [-0.2, -0.15) is 0 Å². The van der Waals surface area contributed by atoms with Gasteiger partial charge in [0.05, 0.1) is 0 Å². The summed E-state index contributed by atoms with van der Waals surface area (Å²) in [5.74, 6) is 3.15. The minimum Gasteiger partial charge on any atom is -0.0767 e. The molecule has 0 saturated carbocycles. The van der Waals surface area contributed by atoms with Crippen LogP contribution in [0.15, 0.2) is 66.8 Å². The molecular weight excluding hydrogens is 494 g/mol. The monoisotopic (exact) mass is 510 g/mol. The second-order valence-corrected chi connectivity index (χ2v) is 7.39. The summed E-state index contributed by atoms with van der Waals surface area (Å²) in [4.78, 5) is 0. The molecule has 0 atom stereocenters. The molecule has 1 heterocycles. The number of allylic oxidation sites excluding steroid dienone is 4. The van der Waals surface area contributed by atoms with Crippen molar-refractivity contribution in [2.45, 2.75) is 6.92 Å². The van der Waals surface area contributed by atoms with Crippen molar-refractivity contribution in [3.8, 4) is 23.0 Å². The first-order valence-electron chi connectivity index (χ1n) is 7.57. The molecule has 2 aromatic rings. The van der Waals surface area contributed by atoms with E-state index in [0.29, 0.717) is 0 Å². The molecule has 2 aromatic carbocycles. The van der Waals surface area contributed by atoms with Crippen LogP contribution in [0.5, 0.6) is 23.0 Å². The van der Waals surface area contributed by atoms with Gasteiger partial charge in [0.2, 0.25) is 0 Å². The van der Waals surface area contributed by atoms with E-state index in [-0.39, 0.29) is 19.5 Å². The number of aryl methyl sites for hydroxylation is 1. The fraction of sp³-hybridized carbons (Fsp3) is 0.0556. The molecule has 0 bridgehead atoms. The quantitative estimate of drug-likeness (QED) is 0.172. The Balaban J connectivity index is 0.000000254. The molecule has 0 aromatic heterocycles. The van der Waals surface area contributed by atoms with Crippen molar-refractivity contribution in [3.63, 3.8) is 0 Å². The SMILES string of the molecule is Cc1cccc2c1Oc1ccccc1O2.F[P-](F)(F)(F)(F)F.[CH]1C=CC=C1.[Ru+]. The number of fused-ring (bicyclic) bond motifs is 2. The van der Waals surface area contributed by atoms with Crippen LogP contribution in [0.25, 0.3) is 0 Å². The Morgan fingerprint density at radius 2 is 1.11 bits per heavy atom. The summed E-state index contributed by atoms with van der Waals surface area (Å²) in [5.41, 5.74) is 1.09. The van der Waals surface area contributed by atoms with Crippen LogP contribution in [0, 0.1) is 13.3 Å². The van der Waals surface area contributed by atoms with Crippen LogP contribution in [0.2, 0.25) is 0 Å². The Morgan fingerprint density at radius 3 is 1.57 bits per heavy atom. The standard InChI is InChI=1S/C13H10O2.C5H5.F6P.Ru/c1-9-5-4-8-12-13(9)15-11-7-3-2-6-10(11)14-12;1-2-4-5-3-1;1-7(2,3,4,5)6;/h2-8H,1H3;1-5H;;/q;;-1;+1. The van der Waals surface area contributed by atoms with E-state index in [9.17, 15) is 25.2 Å². The smallest absolute Gasteiger partial charge is 0.0767 e. The average molecular weight is 509 g/mol. The van der Waals surface area contributed by atoms with Gasteiger partial charge >= 0.3 is 52.5 Å². The van der Waals surface area contributed by atoms with E-state index in [1.54, 1.807) is 0 Å². The number of para-hydroxylation sites is 3. The summed E-state index contributed by atoms with van der Waals surface area (Å²) in [6, 6.07) is 13.6. The van der Waals surface area contributed by atoms with Gasteiger partial charge in [-0.25, -0.2) is 0 Å². The van der Waals surface area contributed by atoms with Crippen molar-refractivity contribution in [1.82, 2.24) is 0 Å². The Kier molecular flexibility index (Phi) is 7.14. The summed E-state index contributed by atoms with van der Waals surface area (Å²) in [5, 5.41) is 0. The van der Waals surface area contributed by atoms with Gasteiger partial charge in [0.1, 0.15) is 0 Å². The first-order valence-corrected chi connectivity index (χ1v) is 9.60. The van der Waals surface area contributed by atoms with Crippen LogP contribution < -0.4 is 9.47 Å². The van der Waals surface area contributed by atoms with Crippen LogP contribution in [-0.4, -0.2) is 0 Å². The predicted molar refractivity (Wildman–Crippen MR) is 93.9 cm³/mol. The summed E-state index contributed by atoms with van der Waals surface area (Å²) in [6.07, 6.45) is 10.0. The van der Waals surface area contributed by atoms with Gasteiger partial charge in [-0.1, -0.05) is 48.6 Å². The van der Waals surface area contributed by atoms with Crippen molar-refractivity contribution < 1.29 is 54.1 Å². The molecule has 0 spiro atoms. The summed E-state index contributed by atoms with van der Waals surface area (Å²) >= 11 is 0. The Bertz CT molecular complexity index is 858. The van der Waals surface area contributed by atoms with E-state index in [4.69, 9.17) is 9.47 Å². The van der Waals surface area contributed by atoms with Crippen LogP contribution in [0.3, 0.4) is 0 Å². The fourth-order valence-electron chi connectivity index (χ4n) is 2.00. The van der Waals surface area contributed by atoms with Gasteiger partial charge in [0, 0.05) is 6.42 Å². The van der Waals surface area contributed by atoms with Crippen molar-refractivity contribution >= 4 is 7.81 Å². The van der Waals surface area contributed by atoms with E-state index in [1.165, 1.54) is 0 Å². The topological polar surface area (TPSA) is 18.5 Å². The molecule has 1 aliphatic carbocycles. The number of benzene rings is 2. The van der Waals surface area contributed by atoms with Crippen molar-refractivity contribution in [3.05, 3.63) is 78.8 Å². The minimum atomic E-state index is -10.7. The predicted octanol–water partition coefficient (Wildman–Crippen LogP) is 8.59. The molecule has 4 rings (SSSR count). The van der Waals surface area contributed by atoms with Crippen molar-refractivity contribution in [2.75, 3.05) is 0 Å². The molecule has 154 valence electrons. The van der Waals surface area contributed by atoms with E-state index in [2.05, 4.69) is 0 Å². The molecule has 2 radical (unpaired) electrons. The Labute approximate surface area is 170 Å². The average Bonchev–Trinajstić information content (AvgIpc) is 3.10. The van der Waals surface area contributed by atoms with Crippen LogP contribution in [0.4, 0.5) is 25.2 Å². The van der Waals surface area contributed by atoms with Gasteiger partial charge in [0.25, 0.3) is 0 Å². The second kappa shape index (κ2) is 8.26. The summed E-state index contributed by atoms with van der Waals surface area (Å²) in [7, 11) is -10.7. The summed E-state index contributed by atoms with van der Waals surface area (Å²) in [6.45, 7) is 2.01. The van der Waals surface area contributed by atoms with Crippen LogP contribution >= 0.6 is 7.81 Å². The van der Waals surface area contributed by atoms with Gasteiger partial charge in [0.15, 0.2) is 23.0 Å². The molecule has 0 N–H and O–H groups in total. The maximum Gasteiger partial charge on any atom is 1.00 e. The third-order valence-corrected chi connectivity index (χ3v) is 3.01. The largest absolute Gasteiger partial charge is 1.00 e. The minimum absolute atomic E-state index is 0. The maximum atomic E-state index is 9.87. The molecule has 0 saturated heterocycles. The normalized spacial score (nSPS) is 15.4. The van der Waals surface area contributed by atoms with E-state index in [0.717, 1.165) is 28.6 Å².